The largest absolute Gasteiger partial charge is 0.385 e. The van der Waals surface area contributed by atoms with Gasteiger partial charge < -0.3 is 20.1 Å². The molecule has 2 aromatic rings. The summed E-state index contributed by atoms with van der Waals surface area (Å²) in [6.07, 6.45) is -0.616. The van der Waals surface area contributed by atoms with E-state index in [2.05, 4.69) is 62.5 Å². The number of aryl methyl sites for hydroxylation is 1. The number of quaternary nitrogens is 2. The Kier molecular flexibility index (Phi) is 9.50. The molecule has 0 aliphatic carbocycles. The number of benzene rings is 2. The summed E-state index contributed by atoms with van der Waals surface area (Å²) in [5.74, 6) is 0. The van der Waals surface area contributed by atoms with Gasteiger partial charge in [-0.2, -0.15) is 0 Å². The first-order valence-corrected chi connectivity index (χ1v) is 10.2. The van der Waals surface area contributed by atoms with Gasteiger partial charge in [0.25, 0.3) is 0 Å². The summed E-state index contributed by atoms with van der Waals surface area (Å²) in [5.41, 5.74) is 3.46. The number of hydrogen-bond acceptors (Lipinski definition) is 2. The van der Waals surface area contributed by atoms with E-state index in [1.807, 2.05) is 18.2 Å². The summed E-state index contributed by atoms with van der Waals surface area (Å²) in [5, 5.41) is 12.5. The summed E-state index contributed by atoms with van der Waals surface area (Å²) >= 11 is 0. The lowest BCUT2D eigenvalue weighted by molar-refractivity contribution is -0.909. The van der Waals surface area contributed by atoms with Gasteiger partial charge in [-0.1, -0.05) is 60.2 Å². The number of nitrogens with one attached hydrogen (secondary N) is 1. The molecule has 27 heavy (non-hydrogen) atoms. The Morgan fingerprint density at radius 3 is 2.22 bits per heavy atom. The molecule has 0 radical (unpaired) electrons. The maximum absolute atomic E-state index is 10.4. The molecule has 0 aromatic heterocycles. The van der Waals surface area contributed by atoms with Crippen LogP contribution in [0.3, 0.4) is 0 Å². The zero-order chi connectivity index (χ0) is 19.5. The predicted octanol–water partition coefficient (Wildman–Crippen LogP) is 0.950. The van der Waals surface area contributed by atoms with Crippen LogP contribution in [0.1, 0.15) is 36.6 Å². The zero-order valence-electron chi connectivity index (χ0n) is 17.0. The van der Waals surface area contributed by atoms with Crippen LogP contribution in [0.5, 0.6) is 0 Å². The monoisotopic (exact) mass is 372 g/mol. The minimum absolute atomic E-state index is 0.151. The van der Waals surface area contributed by atoms with Crippen LogP contribution in [0.15, 0.2) is 54.6 Å². The third-order valence-electron chi connectivity index (χ3n) is 5.08. The van der Waals surface area contributed by atoms with E-state index in [0.717, 1.165) is 37.3 Å². The minimum atomic E-state index is -0.464. The average Bonchev–Trinajstić information content (AvgIpc) is 2.70. The number of aliphatic hydroxyl groups excluding tert-OH is 1. The first kappa shape index (κ1) is 21.6. The lowest BCUT2D eigenvalue weighted by atomic mass is 10.0. The van der Waals surface area contributed by atoms with Crippen molar-refractivity contribution in [2.45, 2.75) is 33.0 Å². The van der Waals surface area contributed by atoms with Gasteiger partial charge in [0.1, 0.15) is 31.8 Å². The second-order valence-electron chi connectivity index (χ2n) is 7.21. The van der Waals surface area contributed by atoms with Gasteiger partial charge in [0.2, 0.25) is 0 Å². The smallest absolute Gasteiger partial charge is 0.127 e. The fraction of sp³-hybridized carbons (Fsp3) is 0.478. The van der Waals surface area contributed by atoms with Gasteiger partial charge in [-0.3, -0.25) is 0 Å². The lowest BCUT2D eigenvalue weighted by Gasteiger charge is -2.21. The van der Waals surface area contributed by atoms with Crippen LogP contribution in [-0.4, -0.2) is 50.5 Å². The van der Waals surface area contributed by atoms with E-state index in [1.165, 1.54) is 5.56 Å². The molecule has 2 aromatic carbocycles. The van der Waals surface area contributed by atoms with Crippen molar-refractivity contribution in [3.63, 3.8) is 0 Å². The van der Waals surface area contributed by atoms with Crippen LogP contribution < -0.4 is 10.2 Å². The van der Waals surface area contributed by atoms with E-state index < -0.39 is 6.10 Å². The van der Waals surface area contributed by atoms with E-state index in [4.69, 9.17) is 4.74 Å². The van der Waals surface area contributed by atoms with Crippen molar-refractivity contribution in [1.82, 2.24) is 0 Å². The quantitative estimate of drug-likeness (QED) is 0.486. The van der Waals surface area contributed by atoms with E-state index in [0.29, 0.717) is 13.2 Å². The normalized spacial score (nSPS) is 13.7. The van der Waals surface area contributed by atoms with Crippen LogP contribution in [0, 0.1) is 6.92 Å². The van der Waals surface area contributed by atoms with Crippen LogP contribution >= 0.6 is 0 Å². The van der Waals surface area contributed by atoms with Crippen LogP contribution in [0.4, 0.5) is 0 Å². The van der Waals surface area contributed by atoms with Crippen molar-refractivity contribution in [3.8, 4) is 0 Å². The van der Waals surface area contributed by atoms with Gasteiger partial charge in [0, 0.05) is 0 Å². The highest BCUT2D eigenvalue weighted by Gasteiger charge is 2.17. The van der Waals surface area contributed by atoms with Crippen LogP contribution in [-0.2, 0) is 4.74 Å². The Balaban J connectivity index is 1.87. The summed E-state index contributed by atoms with van der Waals surface area (Å²) < 4.78 is 6.16. The molecule has 0 aliphatic heterocycles. The topological polar surface area (TPSA) is 50.5 Å². The molecule has 148 valence electrons. The highest BCUT2D eigenvalue weighted by atomic mass is 16.5. The third-order valence-corrected chi connectivity index (χ3v) is 5.08. The average molecular weight is 373 g/mol. The van der Waals surface area contributed by atoms with Gasteiger partial charge >= 0.3 is 0 Å². The molecule has 0 saturated heterocycles. The van der Waals surface area contributed by atoms with Gasteiger partial charge in [0.15, 0.2) is 0 Å². The molecule has 4 N–H and O–H groups in total. The number of likely N-dealkylation sites (N-methyl/N-ethyl adjacent to an activating group) is 1. The molecule has 0 bridgehead atoms. The Labute approximate surface area is 164 Å². The van der Waals surface area contributed by atoms with Crippen LogP contribution in [0.2, 0.25) is 0 Å². The summed E-state index contributed by atoms with van der Waals surface area (Å²) in [6, 6.07) is 18.7. The van der Waals surface area contributed by atoms with Gasteiger partial charge in [-0.05, 0) is 31.9 Å². The molecule has 2 rings (SSSR count). The maximum Gasteiger partial charge on any atom is 0.127 e. The Morgan fingerprint density at radius 1 is 0.963 bits per heavy atom. The first-order chi connectivity index (χ1) is 13.1. The molecular formula is C23H36N2O2+2. The first-order valence-electron chi connectivity index (χ1n) is 10.2. The van der Waals surface area contributed by atoms with E-state index in [9.17, 15) is 5.11 Å². The van der Waals surface area contributed by atoms with Crippen molar-refractivity contribution < 1.29 is 20.1 Å². The Morgan fingerprint density at radius 2 is 1.59 bits per heavy atom. The second-order valence-corrected chi connectivity index (χ2v) is 7.21. The van der Waals surface area contributed by atoms with Crippen LogP contribution in [0.25, 0.3) is 0 Å². The molecule has 0 spiro atoms. The zero-order valence-corrected chi connectivity index (χ0v) is 17.0. The van der Waals surface area contributed by atoms with Crippen molar-refractivity contribution >= 4 is 0 Å². The summed E-state index contributed by atoms with van der Waals surface area (Å²) in [6.45, 7) is 12.0. The Hall–Kier alpha value is -1.72. The fourth-order valence-electron chi connectivity index (χ4n) is 3.25. The molecule has 4 heteroatoms. The van der Waals surface area contributed by atoms with E-state index in [-0.39, 0.29) is 6.10 Å². The molecule has 0 fully saturated rings. The maximum atomic E-state index is 10.4. The fourth-order valence-corrected chi connectivity index (χ4v) is 3.25. The predicted molar refractivity (Wildman–Crippen MR) is 110 cm³/mol. The van der Waals surface area contributed by atoms with Gasteiger partial charge in [0.05, 0.1) is 19.7 Å². The SMILES string of the molecule is CC[NH+](CC)CC[NH2+]C[C@@H](O)CO[C@@H](c1ccccc1)c1ccc(C)cc1. The molecule has 0 heterocycles. The third kappa shape index (κ3) is 7.43. The highest BCUT2D eigenvalue weighted by molar-refractivity contribution is 5.31. The van der Waals surface area contributed by atoms with Crippen molar-refractivity contribution in [2.24, 2.45) is 0 Å². The molecular weight excluding hydrogens is 336 g/mol. The minimum Gasteiger partial charge on any atom is -0.385 e. The van der Waals surface area contributed by atoms with Crippen molar-refractivity contribution in [1.29, 1.82) is 0 Å². The number of ether oxygens (including phenoxy) is 1. The molecule has 0 saturated carbocycles. The summed E-state index contributed by atoms with van der Waals surface area (Å²) in [4.78, 5) is 1.60. The van der Waals surface area contributed by atoms with E-state index >= 15 is 0 Å². The Bertz CT molecular complexity index is 627. The lowest BCUT2D eigenvalue weighted by Crippen LogP contribution is -3.14. The summed E-state index contributed by atoms with van der Waals surface area (Å²) in [7, 11) is 0. The molecule has 2 atom stereocenters. The molecule has 0 unspecified atom stereocenters. The number of nitrogens with two attached hydrogens (primary N) is 1. The highest BCUT2D eigenvalue weighted by Crippen LogP contribution is 2.26. The van der Waals surface area contributed by atoms with Gasteiger partial charge in [-0.25, -0.2) is 0 Å². The van der Waals surface area contributed by atoms with Gasteiger partial charge in [-0.15, -0.1) is 0 Å². The second kappa shape index (κ2) is 11.9. The van der Waals surface area contributed by atoms with E-state index in [1.54, 1.807) is 4.90 Å². The molecule has 4 nitrogen and oxygen atoms in total. The standard InChI is InChI=1S/C23H34N2O2/c1-4-25(5-2)16-15-24-17-22(26)18-27-23(20-9-7-6-8-10-20)21-13-11-19(3)12-14-21/h6-14,22-24,26H,4-5,15-18H2,1-3H3/p+2/t22-,23+/m1/s1. The molecule has 0 aliphatic rings. The van der Waals surface area contributed by atoms with Crippen molar-refractivity contribution in [3.05, 3.63) is 71.3 Å². The van der Waals surface area contributed by atoms with Crippen molar-refractivity contribution in [2.75, 3.05) is 39.3 Å². The molecule has 0 amide bonds. The number of hydrogen-bond donors (Lipinski definition) is 3. The number of rotatable bonds is 12. The number of aliphatic hydroxyl groups is 1.